The van der Waals surface area contributed by atoms with Crippen molar-refractivity contribution < 1.29 is 40.7 Å². The highest BCUT2D eigenvalue weighted by molar-refractivity contribution is 6.04. The van der Waals surface area contributed by atoms with Gasteiger partial charge in [-0.15, -0.1) is 0 Å². The first-order chi connectivity index (χ1) is 21.2. The van der Waals surface area contributed by atoms with Crippen LogP contribution in [0.1, 0.15) is 41.8 Å². The van der Waals surface area contributed by atoms with E-state index < -0.39 is 41.1 Å². The Bertz CT molecular complexity index is 1490. The zero-order valence-corrected chi connectivity index (χ0v) is 24.8. The molecule has 1 heterocycles. The Morgan fingerprint density at radius 2 is 1.36 bits per heavy atom. The molecule has 1 aliphatic heterocycles. The van der Waals surface area contributed by atoms with Crippen LogP contribution in [0.3, 0.4) is 0 Å². The lowest BCUT2D eigenvalue weighted by molar-refractivity contribution is -0.143. The second-order valence-electron chi connectivity index (χ2n) is 10.5. The van der Waals surface area contributed by atoms with Gasteiger partial charge in [0.15, 0.2) is 0 Å². The van der Waals surface area contributed by atoms with E-state index in [1.807, 2.05) is 48.3 Å². The number of carbonyl (C=O) groups is 2. The van der Waals surface area contributed by atoms with E-state index >= 15 is 0 Å². The van der Waals surface area contributed by atoms with Gasteiger partial charge in [-0.3, -0.25) is 4.79 Å². The number of benzene rings is 3. The highest BCUT2D eigenvalue weighted by Crippen LogP contribution is 2.38. The fourth-order valence-electron chi connectivity index (χ4n) is 4.87. The van der Waals surface area contributed by atoms with Crippen LogP contribution in [0, 0.1) is 0 Å². The molecule has 0 radical (unpaired) electrons. The summed E-state index contributed by atoms with van der Waals surface area (Å²) < 4.78 is 84.9. The molecule has 3 aromatic carbocycles. The van der Waals surface area contributed by atoms with Crippen molar-refractivity contribution in [1.82, 2.24) is 5.32 Å². The van der Waals surface area contributed by atoms with Crippen molar-refractivity contribution in [3.63, 3.8) is 0 Å². The Morgan fingerprint density at radius 3 is 1.91 bits per heavy atom. The van der Waals surface area contributed by atoms with Crippen LogP contribution in [0.5, 0.6) is 5.75 Å². The molecule has 0 saturated carbocycles. The number of hydrogen-bond acceptors (Lipinski definition) is 5. The maximum Gasteiger partial charge on any atom is 0.416 e. The van der Waals surface area contributed by atoms with E-state index in [4.69, 9.17) is 4.74 Å². The zero-order chi connectivity index (χ0) is 32.9. The summed E-state index contributed by atoms with van der Waals surface area (Å²) in [5.74, 6) is 0.344. The van der Waals surface area contributed by atoms with Gasteiger partial charge < -0.3 is 30.5 Å². The van der Waals surface area contributed by atoms with Crippen molar-refractivity contribution in [2.45, 2.75) is 38.7 Å². The maximum absolute atomic E-state index is 13.3. The summed E-state index contributed by atoms with van der Waals surface area (Å²) in [5, 5.41) is 7.35. The number of nitrogens with zero attached hydrogens (tertiary/aromatic N) is 2. The Hall–Kier alpha value is -4.62. The third-order valence-electron chi connectivity index (χ3n) is 7.38. The van der Waals surface area contributed by atoms with E-state index in [1.54, 1.807) is 13.2 Å². The molecule has 8 nitrogen and oxygen atoms in total. The number of urea groups is 1. The molecule has 3 aromatic rings. The average molecular weight is 638 g/mol. The largest absolute Gasteiger partial charge is 0.495 e. The normalized spacial score (nSPS) is 14.5. The van der Waals surface area contributed by atoms with E-state index in [2.05, 4.69) is 15.5 Å². The maximum atomic E-state index is 13.3. The highest BCUT2D eigenvalue weighted by Gasteiger charge is 2.37. The quantitative estimate of drug-likeness (QED) is 0.227. The predicted molar refractivity (Wildman–Crippen MR) is 160 cm³/mol. The summed E-state index contributed by atoms with van der Waals surface area (Å²) in [5.41, 5.74) is -1.91. The van der Waals surface area contributed by atoms with Crippen LogP contribution < -0.4 is 30.5 Å². The van der Waals surface area contributed by atoms with Crippen molar-refractivity contribution in [3.8, 4) is 5.75 Å². The molecule has 3 amide bonds. The van der Waals surface area contributed by atoms with Gasteiger partial charge in [-0.05, 0) is 61.9 Å². The number of para-hydroxylation sites is 2. The van der Waals surface area contributed by atoms with E-state index in [9.17, 15) is 35.9 Å². The molecule has 0 aromatic heterocycles. The van der Waals surface area contributed by atoms with E-state index in [0.717, 1.165) is 11.4 Å². The monoisotopic (exact) mass is 637 g/mol. The number of alkyl halides is 6. The molecule has 3 N–H and O–H groups in total. The minimum absolute atomic E-state index is 0.0276. The van der Waals surface area contributed by atoms with Crippen LogP contribution in [0.2, 0.25) is 0 Å². The third-order valence-corrected chi connectivity index (χ3v) is 7.38. The topological polar surface area (TPSA) is 85.9 Å². The van der Waals surface area contributed by atoms with Crippen LogP contribution in [-0.4, -0.2) is 51.3 Å². The van der Waals surface area contributed by atoms with Crippen LogP contribution in [-0.2, 0) is 12.4 Å². The average Bonchev–Trinajstić information content (AvgIpc) is 3.00. The Labute approximate surface area is 256 Å². The molecule has 0 spiro atoms. The molecule has 1 aliphatic rings. The number of halogens is 6. The summed E-state index contributed by atoms with van der Waals surface area (Å²) in [4.78, 5) is 30.2. The van der Waals surface area contributed by atoms with Crippen LogP contribution in [0.25, 0.3) is 0 Å². The lowest BCUT2D eigenvalue weighted by Crippen LogP contribution is -2.47. The van der Waals surface area contributed by atoms with Gasteiger partial charge >= 0.3 is 18.4 Å². The number of anilines is 4. The standard InChI is InChI=1S/C31H33F6N5O3/c1-4-19(2)38-28(43)24-18-22(39-29(44)40-23-16-20(30(32,33)34)15-21(17-23)31(35,36)37)9-10-25(24)41-11-13-42(14-12-41)26-7-5-6-8-27(26)45-3/h5-10,15-19H,4,11-14H2,1-3H3,(H,38,43)(H2,39,40,44). The molecule has 0 aliphatic carbocycles. The van der Waals surface area contributed by atoms with Crippen molar-refractivity contribution in [2.75, 3.05) is 53.7 Å². The Morgan fingerprint density at radius 1 is 0.800 bits per heavy atom. The Balaban J connectivity index is 1.55. The number of nitrogens with one attached hydrogen (secondary N) is 3. The van der Waals surface area contributed by atoms with Gasteiger partial charge in [-0.2, -0.15) is 26.3 Å². The fourth-order valence-corrected chi connectivity index (χ4v) is 4.87. The van der Waals surface area contributed by atoms with Gasteiger partial charge in [0.2, 0.25) is 0 Å². The smallest absolute Gasteiger partial charge is 0.416 e. The molecule has 4 rings (SSSR count). The summed E-state index contributed by atoms with van der Waals surface area (Å²) >= 11 is 0. The van der Waals surface area contributed by atoms with Crippen molar-refractivity contribution >= 4 is 34.7 Å². The number of piperazine rings is 1. The Kier molecular flexibility index (Phi) is 10.0. The molecule has 1 unspecified atom stereocenters. The van der Waals surface area contributed by atoms with Gasteiger partial charge in [0.1, 0.15) is 5.75 Å². The van der Waals surface area contributed by atoms with Crippen molar-refractivity contribution in [2.24, 2.45) is 0 Å². The van der Waals surface area contributed by atoms with Crippen molar-refractivity contribution in [1.29, 1.82) is 0 Å². The molecule has 45 heavy (non-hydrogen) atoms. The first-order valence-electron chi connectivity index (χ1n) is 14.1. The number of carbonyl (C=O) groups excluding carboxylic acids is 2. The SMILES string of the molecule is CCC(C)NC(=O)c1cc(NC(=O)Nc2cc(C(F)(F)F)cc(C(F)(F)F)c2)ccc1N1CCN(c2ccccc2OC)CC1. The number of hydrogen-bond donors (Lipinski definition) is 3. The fraction of sp³-hybridized carbons (Fsp3) is 0.355. The molecular weight excluding hydrogens is 604 g/mol. The second kappa shape index (κ2) is 13.6. The molecule has 0 bridgehead atoms. The molecule has 242 valence electrons. The van der Waals surface area contributed by atoms with E-state index in [0.29, 0.717) is 50.4 Å². The van der Waals surface area contributed by atoms with Gasteiger partial charge in [0.25, 0.3) is 5.91 Å². The molecular formula is C31H33F6N5O3. The van der Waals surface area contributed by atoms with Crippen LogP contribution in [0.4, 0.5) is 53.9 Å². The summed E-state index contributed by atoms with van der Waals surface area (Å²) in [6.45, 7) is 6.13. The zero-order valence-electron chi connectivity index (χ0n) is 24.8. The lowest BCUT2D eigenvalue weighted by atomic mass is 10.1. The summed E-state index contributed by atoms with van der Waals surface area (Å²) in [6, 6.07) is 11.8. The van der Waals surface area contributed by atoms with E-state index in [-0.39, 0.29) is 23.4 Å². The molecule has 14 heteroatoms. The van der Waals surface area contributed by atoms with Gasteiger partial charge in [0, 0.05) is 49.3 Å². The molecule has 1 fully saturated rings. The number of methoxy groups -OCH3 is 1. The number of amides is 3. The lowest BCUT2D eigenvalue weighted by Gasteiger charge is -2.38. The highest BCUT2D eigenvalue weighted by atomic mass is 19.4. The van der Waals surface area contributed by atoms with Crippen LogP contribution in [0.15, 0.2) is 60.7 Å². The molecule has 1 saturated heterocycles. The van der Waals surface area contributed by atoms with Crippen LogP contribution >= 0.6 is 0 Å². The minimum Gasteiger partial charge on any atom is -0.495 e. The van der Waals surface area contributed by atoms with E-state index in [1.165, 1.54) is 12.1 Å². The van der Waals surface area contributed by atoms with Gasteiger partial charge in [-0.25, -0.2) is 4.79 Å². The number of ether oxygens (including phenoxy) is 1. The van der Waals surface area contributed by atoms with Gasteiger partial charge in [0.05, 0.1) is 29.5 Å². The second-order valence-corrected chi connectivity index (χ2v) is 10.5. The predicted octanol–water partition coefficient (Wildman–Crippen LogP) is 7.23. The third kappa shape index (κ3) is 8.31. The molecule has 1 atom stereocenters. The summed E-state index contributed by atoms with van der Waals surface area (Å²) in [6.07, 6.45) is -9.48. The number of rotatable bonds is 8. The van der Waals surface area contributed by atoms with Gasteiger partial charge in [-0.1, -0.05) is 19.1 Å². The summed E-state index contributed by atoms with van der Waals surface area (Å²) in [7, 11) is 1.60. The minimum atomic E-state index is -5.07. The first kappa shape index (κ1) is 33.3. The first-order valence-corrected chi connectivity index (χ1v) is 14.1. The van der Waals surface area contributed by atoms with Crippen molar-refractivity contribution in [3.05, 3.63) is 77.4 Å².